The van der Waals surface area contributed by atoms with Crippen LogP contribution in [-0.2, 0) is 6.42 Å². The minimum Gasteiger partial charge on any atom is -0.330 e. The summed E-state index contributed by atoms with van der Waals surface area (Å²) in [4.78, 5) is 4.25. The number of nitrogens with zero attached hydrogens (tertiary/aromatic N) is 2. The van der Waals surface area contributed by atoms with Crippen molar-refractivity contribution in [2.75, 3.05) is 6.54 Å². The Labute approximate surface area is 95.0 Å². The van der Waals surface area contributed by atoms with Crippen LogP contribution in [0.25, 0.3) is 5.52 Å². The summed E-state index contributed by atoms with van der Waals surface area (Å²) >= 11 is 9.38. The first-order chi connectivity index (χ1) is 6.72. The number of pyridine rings is 1. The zero-order chi connectivity index (χ0) is 10.1. The molecule has 0 saturated heterocycles. The third-order valence-electron chi connectivity index (χ3n) is 2.00. The second-order valence-electron chi connectivity index (χ2n) is 2.96. The Hall–Kier alpha value is -0.580. The maximum Gasteiger partial charge on any atom is 0.155 e. The summed E-state index contributed by atoms with van der Waals surface area (Å²) in [7, 11) is 0. The van der Waals surface area contributed by atoms with Crippen molar-refractivity contribution in [3.8, 4) is 0 Å². The molecular formula is C9H9BrClN3. The van der Waals surface area contributed by atoms with Gasteiger partial charge in [-0.1, -0.05) is 11.6 Å². The molecule has 0 saturated carbocycles. The molecule has 5 heteroatoms. The first kappa shape index (κ1) is 9.96. The Morgan fingerprint density at radius 1 is 1.50 bits per heavy atom. The summed E-state index contributed by atoms with van der Waals surface area (Å²) < 4.78 is 2.96. The molecule has 0 fully saturated rings. The van der Waals surface area contributed by atoms with E-state index >= 15 is 0 Å². The number of hydrogen-bond acceptors (Lipinski definition) is 2. The van der Waals surface area contributed by atoms with Gasteiger partial charge in [-0.2, -0.15) is 0 Å². The maximum atomic E-state index is 5.98. The molecular weight excluding hydrogens is 265 g/mol. The number of rotatable bonds is 2. The van der Waals surface area contributed by atoms with Gasteiger partial charge in [0.1, 0.15) is 5.82 Å². The van der Waals surface area contributed by atoms with Crippen molar-refractivity contribution in [3.05, 3.63) is 33.8 Å². The number of hydrogen-bond donors (Lipinski definition) is 1. The topological polar surface area (TPSA) is 43.3 Å². The quantitative estimate of drug-likeness (QED) is 0.913. The fourth-order valence-electron chi connectivity index (χ4n) is 1.39. The van der Waals surface area contributed by atoms with E-state index in [1.807, 2.05) is 22.7 Å². The second kappa shape index (κ2) is 3.88. The molecule has 2 heterocycles. The van der Waals surface area contributed by atoms with Crippen molar-refractivity contribution >= 4 is 33.0 Å². The van der Waals surface area contributed by atoms with Crippen molar-refractivity contribution in [1.29, 1.82) is 0 Å². The van der Waals surface area contributed by atoms with E-state index in [1.165, 1.54) is 0 Å². The van der Waals surface area contributed by atoms with Crippen LogP contribution in [0.5, 0.6) is 0 Å². The summed E-state index contributed by atoms with van der Waals surface area (Å²) in [5.41, 5.74) is 6.41. The van der Waals surface area contributed by atoms with E-state index in [0.717, 1.165) is 22.2 Å². The number of nitrogens with two attached hydrogens (primary N) is 1. The summed E-state index contributed by atoms with van der Waals surface area (Å²) in [6.07, 6.45) is 2.67. The molecule has 0 radical (unpaired) electrons. The normalized spacial score (nSPS) is 11.1. The van der Waals surface area contributed by atoms with Crippen LogP contribution in [0.2, 0.25) is 5.15 Å². The van der Waals surface area contributed by atoms with Gasteiger partial charge in [-0.15, -0.1) is 0 Å². The highest BCUT2D eigenvalue weighted by Gasteiger charge is 2.08. The molecule has 0 aliphatic rings. The van der Waals surface area contributed by atoms with Crippen LogP contribution >= 0.6 is 27.5 Å². The summed E-state index contributed by atoms with van der Waals surface area (Å²) in [5, 5.41) is 0.529. The van der Waals surface area contributed by atoms with Crippen molar-refractivity contribution < 1.29 is 0 Å². The molecule has 0 bridgehead atoms. The molecule has 0 atom stereocenters. The molecule has 0 spiro atoms. The lowest BCUT2D eigenvalue weighted by Gasteiger charge is -1.99. The molecule has 2 aromatic heterocycles. The highest BCUT2D eigenvalue weighted by molar-refractivity contribution is 9.10. The van der Waals surface area contributed by atoms with Crippen LogP contribution in [0.4, 0.5) is 0 Å². The van der Waals surface area contributed by atoms with Crippen molar-refractivity contribution in [1.82, 2.24) is 9.38 Å². The summed E-state index contributed by atoms with van der Waals surface area (Å²) in [6.45, 7) is 0.571. The standard InChI is InChI=1S/C9H9BrClN3/c10-6-1-2-7-9(11)13-8(3-4-12)14(7)5-6/h1-2,5H,3-4,12H2. The fourth-order valence-corrected chi connectivity index (χ4v) is 1.97. The number of aromatic nitrogens is 2. The van der Waals surface area contributed by atoms with Gasteiger partial charge in [0.25, 0.3) is 0 Å². The Morgan fingerprint density at radius 3 is 3.00 bits per heavy atom. The predicted octanol–water partition coefficient (Wildman–Crippen LogP) is 2.25. The maximum absolute atomic E-state index is 5.98. The Balaban J connectivity index is 2.66. The minimum atomic E-state index is 0.529. The number of halogens is 2. The molecule has 0 unspecified atom stereocenters. The first-order valence-electron chi connectivity index (χ1n) is 4.24. The van der Waals surface area contributed by atoms with E-state index in [1.54, 1.807) is 0 Å². The molecule has 74 valence electrons. The van der Waals surface area contributed by atoms with E-state index < -0.39 is 0 Å². The van der Waals surface area contributed by atoms with Crippen LogP contribution < -0.4 is 5.73 Å². The van der Waals surface area contributed by atoms with Gasteiger partial charge in [0.15, 0.2) is 5.15 Å². The van der Waals surface area contributed by atoms with Gasteiger partial charge < -0.3 is 10.1 Å². The fraction of sp³-hybridized carbons (Fsp3) is 0.222. The highest BCUT2D eigenvalue weighted by atomic mass is 79.9. The second-order valence-corrected chi connectivity index (χ2v) is 4.23. The first-order valence-corrected chi connectivity index (χ1v) is 5.41. The molecule has 2 N–H and O–H groups in total. The number of fused-ring (bicyclic) bond motifs is 1. The molecule has 0 aromatic carbocycles. The van der Waals surface area contributed by atoms with Gasteiger partial charge in [-0.05, 0) is 34.6 Å². The van der Waals surface area contributed by atoms with Gasteiger partial charge in [-0.25, -0.2) is 4.98 Å². The Morgan fingerprint density at radius 2 is 2.29 bits per heavy atom. The Kier molecular flexibility index (Phi) is 2.76. The van der Waals surface area contributed by atoms with Gasteiger partial charge in [-0.3, -0.25) is 0 Å². The smallest absolute Gasteiger partial charge is 0.155 e. The molecule has 0 aliphatic carbocycles. The van der Waals surface area contributed by atoms with E-state index in [0.29, 0.717) is 11.7 Å². The number of imidazole rings is 1. The molecule has 2 rings (SSSR count). The summed E-state index contributed by atoms with van der Waals surface area (Å²) in [5.74, 6) is 0.897. The average Bonchev–Trinajstić information content (AvgIpc) is 2.44. The van der Waals surface area contributed by atoms with E-state index in [2.05, 4.69) is 20.9 Å². The SMILES string of the molecule is NCCc1nc(Cl)c2ccc(Br)cn12. The van der Waals surface area contributed by atoms with Crippen LogP contribution in [-0.4, -0.2) is 15.9 Å². The molecule has 0 aliphatic heterocycles. The molecule has 14 heavy (non-hydrogen) atoms. The van der Waals surface area contributed by atoms with Crippen LogP contribution in [0, 0.1) is 0 Å². The molecule has 0 amide bonds. The van der Waals surface area contributed by atoms with E-state index in [4.69, 9.17) is 17.3 Å². The average molecular weight is 275 g/mol. The van der Waals surface area contributed by atoms with Crippen molar-refractivity contribution in [2.45, 2.75) is 6.42 Å². The monoisotopic (exact) mass is 273 g/mol. The van der Waals surface area contributed by atoms with Gasteiger partial charge >= 0.3 is 0 Å². The summed E-state index contributed by atoms with van der Waals surface area (Å²) in [6, 6.07) is 3.87. The zero-order valence-electron chi connectivity index (χ0n) is 7.37. The van der Waals surface area contributed by atoms with Gasteiger partial charge in [0.05, 0.1) is 5.52 Å². The lowest BCUT2D eigenvalue weighted by atomic mass is 10.4. The molecule has 3 nitrogen and oxygen atoms in total. The zero-order valence-corrected chi connectivity index (χ0v) is 9.72. The van der Waals surface area contributed by atoms with E-state index in [9.17, 15) is 0 Å². The van der Waals surface area contributed by atoms with Crippen LogP contribution in [0.15, 0.2) is 22.8 Å². The minimum absolute atomic E-state index is 0.529. The lowest BCUT2D eigenvalue weighted by Crippen LogP contribution is -2.06. The van der Waals surface area contributed by atoms with Gasteiger partial charge in [0.2, 0.25) is 0 Å². The van der Waals surface area contributed by atoms with Crippen LogP contribution in [0.3, 0.4) is 0 Å². The van der Waals surface area contributed by atoms with Gasteiger partial charge in [0, 0.05) is 17.1 Å². The predicted molar refractivity (Wildman–Crippen MR) is 60.7 cm³/mol. The Bertz CT molecular complexity index is 466. The third-order valence-corrected chi connectivity index (χ3v) is 2.74. The molecule has 2 aromatic rings. The largest absolute Gasteiger partial charge is 0.330 e. The third kappa shape index (κ3) is 1.65. The van der Waals surface area contributed by atoms with Crippen molar-refractivity contribution in [3.63, 3.8) is 0 Å². The van der Waals surface area contributed by atoms with E-state index in [-0.39, 0.29) is 0 Å². The van der Waals surface area contributed by atoms with Crippen molar-refractivity contribution in [2.24, 2.45) is 5.73 Å². The highest BCUT2D eigenvalue weighted by Crippen LogP contribution is 2.21. The lowest BCUT2D eigenvalue weighted by molar-refractivity contribution is 0.862. The van der Waals surface area contributed by atoms with Crippen LogP contribution in [0.1, 0.15) is 5.82 Å².